The molecule has 0 aromatic carbocycles. The highest BCUT2D eigenvalue weighted by Gasteiger charge is 2.28. The first kappa shape index (κ1) is 12.8. The van der Waals surface area contributed by atoms with E-state index >= 15 is 0 Å². The van der Waals surface area contributed by atoms with Crippen LogP contribution in [-0.2, 0) is 9.53 Å². The van der Waals surface area contributed by atoms with Crippen LogP contribution in [0.15, 0.2) is 0 Å². The Morgan fingerprint density at radius 3 is 2.82 bits per heavy atom. The van der Waals surface area contributed by atoms with Gasteiger partial charge in [0.25, 0.3) is 0 Å². The fourth-order valence-electron chi connectivity index (χ4n) is 2.53. The first-order valence-electron chi connectivity index (χ1n) is 6.64. The van der Waals surface area contributed by atoms with Crippen LogP contribution in [0.2, 0.25) is 0 Å². The van der Waals surface area contributed by atoms with Crippen LogP contribution in [0.4, 0.5) is 0 Å². The summed E-state index contributed by atoms with van der Waals surface area (Å²) in [6, 6.07) is 0. The molecule has 0 aliphatic carbocycles. The lowest BCUT2D eigenvalue weighted by Gasteiger charge is -2.28. The van der Waals surface area contributed by atoms with Gasteiger partial charge >= 0.3 is 0 Å². The van der Waals surface area contributed by atoms with Gasteiger partial charge in [0.1, 0.15) is 0 Å². The van der Waals surface area contributed by atoms with Gasteiger partial charge in [-0.15, -0.1) is 0 Å². The first-order valence-corrected chi connectivity index (χ1v) is 6.64. The molecule has 0 aromatic heterocycles. The Kier molecular flexibility index (Phi) is 4.76. The van der Waals surface area contributed by atoms with Gasteiger partial charge in [0.05, 0.1) is 25.9 Å². The number of carbonyl (C=O) groups is 1. The molecule has 2 fully saturated rings. The van der Waals surface area contributed by atoms with Gasteiger partial charge in [-0.1, -0.05) is 6.92 Å². The number of nitrogens with one attached hydrogen (secondary N) is 1. The molecule has 1 amide bonds. The zero-order chi connectivity index (χ0) is 12.1. The van der Waals surface area contributed by atoms with E-state index in [-0.39, 0.29) is 12.1 Å². The molecule has 0 saturated carbocycles. The minimum Gasteiger partial charge on any atom is -0.379 e. The molecule has 0 radical (unpaired) electrons. The summed E-state index contributed by atoms with van der Waals surface area (Å²) in [6.07, 6.45) is 2.31. The molecular weight excluding hydrogens is 218 g/mol. The summed E-state index contributed by atoms with van der Waals surface area (Å²) < 4.78 is 5.31. The number of ether oxygens (including phenoxy) is 1. The minimum absolute atomic E-state index is 0.249. The molecule has 1 atom stereocenters. The molecule has 5 nitrogen and oxygen atoms in total. The maximum Gasteiger partial charge on any atom is 0.237 e. The fraction of sp³-hybridized carbons (Fsp3) is 0.917. The zero-order valence-electron chi connectivity index (χ0n) is 10.7. The van der Waals surface area contributed by atoms with Crippen LogP contribution in [-0.4, -0.2) is 67.8 Å². The third-order valence-electron chi connectivity index (χ3n) is 3.55. The highest BCUT2D eigenvalue weighted by molar-refractivity contribution is 5.80. The normalized spacial score (nSPS) is 26.8. The average molecular weight is 241 g/mol. The van der Waals surface area contributed by atoms with Gasteiger partial charge in [0.15, 0.2) is 0 Å². The van der Waals surface area contributed by atoms with Crippen LogP contribution < -0.4 is 5.32 Å². The first-order chi connectivity index (χ1) is 8.31. The number of nitrogens with zero attached hydrogens (tertiary/aromatic N) is 2. The van der Waals surface area contributed by atoms with E-state index in [1.165, 1.54) is 0 Å². The Balaban J connectivity index is 1.68. The molecule has 1 N–H and O–H groups in total. The van der Waals surface area contributed by atoms with E-state index in [1.54, 1.807) is 0 Å². The van der Waals surface area contributed by atoms with Crippen LogP contribution in [0.1, 0.15) is 19.8 Å². The van der Waals surface area contributed by atoms with Crippen molar-refractivity contribution in [2.24, 2.45) is 0 Å². The van der Waals surface area contributed by atoms with Gasteiger partial charge in [0.2, 0.25) is 5.91 Å². The molecule has 17 heavy (non-hydrogen) atoms. The molecule has 2 aliphatic heterocycles. The van der Waals surface area contributed by atoms with E-state index < -0.39 is 0 Å². The van der Waals surface area contributed by atoms with Crippen molar-refractivity contribution in [1.29, 1.82) is 0 Å². The highest BCUT2D eigenvalue weighted by Crippen LogP contribution is 2.09. The number of rotatable bonds is 5. The second-order valence-electron chi connectivity index (χ2n) is 4.70. The molecule has 0 spiro atoms. The summed E-state index contributed by atoms with van der Waals surface area (Å²) in [6.45, 7) is 8.34. The maximum absolute atomic E-state index is 11.7. The van der Waals surface area contributed by atoms with Crippen LogP contribution in [0, 0.1) is 0 Å². The number of carbonyl (C=O) groups excluding carboxylic acids is 1. The maximum atomic E-state index is 11.7. The third-order valence-corrected chi connectivity index (χ3v) is 3.55. The van der Waals surface area contributed by atoms with Crippen molar-refractivity contribution >= 4 is 5.91 Å². The summed E-state index contributed by atoms with van der Waals surface area (Å²) in [5.74, 6) is 0.249. The van der Waals surface area contributed by atoms with Crippen molar-refractivity contribution in [3.05, 3.63) is 0 Å². The van der Waals surface area contributed by atoms with E-state index in [0.29, 0.717) is 6.54 Å². The molecule has 1 unspecified atom stereocenters. The summed E-state index contributed by atoms with van der Waals surface area (Å²) in [5.41, 5.74) is 0. The highest BCUT2D eigenvalue weighted by atomic mass is 16.5. The van der Waals surface area contributed by atoms with Crippen LogP contribution in [0.3, 0.4) is 0 Å². The average Bonchev–Trinajstić information content (AvgIpc) is 2.72. The van der Waals surface area contributed by atoms with Crippen molar-refractivity contribution in [3.63, 3.8) is 0 Å². The predicted molar refractivity (Wildman–Crippen MR) is 65.7 cm³/mol. The standard InChI is InChI=1S/C12H23N3O2/c1-2-11-13-10-12(16)15(11)5-3-4-14-6-8-17-9-7-14/h11,13H,2-10H2,1H3. The number of morpholine rings is 1. The van der Waals surface area contributed by atoms with Crippen molar-refractivity contribution in [1.82, 2.24) is 15.1 Å². The number of amides is 1. The number of hydrogen-bond acceptors (Lipinski definition) is 4. The molecule has 2 saturated heterocycles. The molecule has 98 valence electrons. The number of hydrogen-bond donors (Lipinski definition) is 1. The minimum atomic E-state index is 0.249. The SMILES string of the molecule is CCC1NCC(=O)N1CCCN1CCOCC1. The van der Waals surface area contributed by atoms with Gasteiger partial charge in [-0.05, 0) is 12.8 Å². The Morgan fingerprint density at radius 2 is 2.12 bits per heavy atom. The van der Waals surface area contributed by atoms with Crippen molar-refractivity contribution in [3.8, 4) is 0 Å². The zero-order valence-corrected chi connectivity index (χ0v) is 10.7. The Labute approximate surface area is 103 Å². The fourth-order valence-corrected chi connectivity index (χ4v) is 2.53. The molecule has 5 heteroatoms. The molecule has 2 heterocycles. The lowest BCUT2D eigenvalue weighted by molar-refractivity contribution is -0.128. The Morgan fingerprint density at radius 1 is 1.35 bits per heavy atom. The van der Waals surface area contributed by atoms with Gasteiger partial charge in [-0.2, -0.15) is 0 Å². The summed E-state index contributed by atoms with van der Waals surface area (Å²) in [5, 5.41) is 3.24. The summed E-state index contributed by atoms with van der Waals surface area (Å²) >= 11 is 0. The van der Waals surface area contributed by atoms with Gasteiger partial charge in [0, 0.05) is 26.2 Å². The second-order valence-corrected chi connectivity index (χ2v) is 4.70. The lowest BCUT2D eigenvalue weighted by Crippen LogP contribution is -2.41. The van der Waals surface area contributed by atoms with Crippen LogP contribution >= 0.6 is 0 Å². The van der Waals surface area contributed by atoms with E-state index in [4.69, 9.17) is 4.74 Å². The third kappa shape index (κ3) is 3.40. The molecular formula is C12H23N3O2. The van der Waals surface area contributed by atoms with Crippen molar-refractivity contribution in [2.75, 3.05) is 45.9 Å². The van der Waals surface area contributed by atoms with Gasteiger partial charge < -0.3 is 9.64 Å². The summed E-state index contributed by atoms with van der Waals surface area (Å²) in [7, 11) is 0. The van der Waals surface area contributed by atoms with E-state index in [0.717, 1.165) is 52.2 Å². The molecule has 2 aliphatic rings. The topological polar surface area (TPSA) is 44.8 Å². The molecule has 2 rings (SSSR count). The van der Waals surface area contributed by atoms with Crippen LogP contribution in [0.25, 0.3) is 0 Å². The monoisotopic (exact) mass is 241 g/mol. The van der Waals surface area contributed by atoms with Crippen LogP contribution in [0.5, 0.6) is 0 Å². The van der Waals surface area contributed by atoms with E-state index in [1.807, 2.05) is 4.90 Å². The van der Waals surface area contributed by atoms with Crippen molar-refractivity contribution < 1.29 is 9.53 Å². The Hall–Kier alpha value is -0.650. The van der Waals surface area contributed by atoms with Gasteiger partial charge in [-0.3, -0.25) is 15.0 Å². The Bertz CT molecular complexity index is 254. The van der Waals surface area contributed by atoms with Gasteiger partial charge in [-0.25, -0.2) is 0 Å². The summed E-state index contributed by atoms with van der Waals surface area (Å²) in [4.78, 5) is 16.1. The van der Waals surface area contributed by atoms with E-state index in [9.17, 15) is 4.79 Å². The second kappa shape index (κ2) is 6.33. The molecule has 0 aromatic rings. The smallest absolute Gasteiger partial charge is 0.237 e. The largest absolute Gasteiger partial charge is 0.379 e. The quantitative estimate of drug-likeness (QED) is 0.729. The van der Waals surface area contributed by atoms with E-state index in [2.05, 4.69) is 17.1 Å². The lowest BCUT2D eigenvalue weighted by atomic mass is 10.3. The van der Waals surface area contributed by atoms with Crippen molar-refractivity contribution in [2.45, 2.75) is 25.9 Å². The molecule has 0 bridgehead atoms. The predicted octanol–water partition coefficient (Wildman–Crippen LogP) is -0.123.